The van der Waals surface area contributed by atoms with E-state index in [4.69, 9.17) is 20.5 Å². The topological polar surface area (TPSA) is 132 Å². The average molecular weight is 411 g/mol. The van der Waals surface area contributed by atoms with E-state index in [0.717, 1.165) is 6.42 Å². The fourth-order valence-corrected chi connectivity index (χ4v) is 3.98. The zero-order valence-corrected chi connectivity index (χ0v) is 16.0. The van der Waals surface area contributed by atoms with Crippen LogP contribution in [0.2, 0.25) is 0 Å². The molecule has 1 aliphatic rings. The second kappa shape index (κ2) is 7.37. The summed E-state index contributed by atoms with van der Waals surface area (Å²) in [5.74, 6) is 1.01. The molecule has 0 bridgehead atoms. The molecule has 3 N–H and O–H groups in total. The van der Waals surface area contributed by atoms with Crippen LogP contribution in [0.15, 0.2) is 53.6 Å². The highest BCUT2D eigenvalue weighted by Gasteiger charge is 2.21. The Labute approximate surface area is 167 Å². The lowest BCUT2D eigenvalue weighted by Gasteiger charge is -2.14. The molecule has 29 heavy (non-hydrogen) atoms. The molecule has 0 unspecified atom stereocenters. The van der Waals surface area contributed by atoms with Gasteiger partial charge in [0.05, 0.1) is 35.7 Å². The summed E-state index contributed by atoms with van der Waals surface area (Å²) >= 11 is 0. The summed E-state index contributed by atoms with van der Waals surface area (Å²) < 4.78 is 41.0. The maximum atomic E-state index is 13.0. The normalized spacial score (nSPS) is 13.3. The predicted octanol–water partition coefficient (Wildman–Crippen LogP) is 2.29. The van der Waals surface area contributed by atoms with E-state index in [0.29, 0.717) is 30.4 Å². The zero-order valence-electron chi connectivity index (χ0n) is 15.2. The van der Waals surface area contributed by atoms with Crippen LogP contribution in [0.3, 0.4) is 0 Å². The number of nitriles is 1. The van der Waals surface area contributed by atoms with Gasteiger partial charge in [0.25, 0.3) is 10.0 Å². The lowest BCUT2D eigenvalue weighted by molar-refractivity contribution is 0.297. The number of anilines is 2. The Balaban J connectivity index is 1.70. The van der Waals surface area contributed by atoms with Gasteiger partial charge < -0.3 is 15.2 Å². The van der Waals surface area contributed by atoms with Crippen LogP contribution in [-0.4, -0.2) is 31.4 Å². The van der Waals surface area contributed by atoms with Crippen LogP contribution < -0.4 is 19.9 Å². The first-order valence-corrected chi connectivity index (χ1v) is 10.2. The number of hydrogen-bond donors (Lipinski definition) is 2. The Bertz CT molecular complexity index is 1210. The van der Waals surface area contributed by atoms with Crippen molar-refractivity contribution in [3.8, 4) is 23.3 Å². The fourth-order valence-electron chi connectivity index (χ4n) is 2.90. The smallest absolute Gasteiger partial charge is 0.262 e. The molecule has 1 aliphatic heterocycles. The van der Waals surface area contributed by atoms with Gasteiger partial charge in [0, 0.05) is 12.5 Å². The van der Waals surface area contributed by atoms with Gasteiger partial charge in [0.1, 0.15) is 17.5 Å². The molecule has 9 nitrogen and oxygen atoms in total. The molecular weight excluding hydrogens is 394 g/mol. The molecule has 0 saturated heterocycles. The van der Waals surface area contributed by atoms with Gasteiger partial charge in [-0.1, -0.05) is 12.1 Å². The minimum absolute atomic E-state index is 0.0303. The Hall–Kier alpha value is -3.71. The molecular formula is C19H17N5O4S. The van der Waals surface area contributed by atoms with Crippen molar-refractivity contribution in [2.45, 2.75) is 11.3 Å². The van der Waals surface area contributed by atoms with E-state index in [1.54, 1.807) is 30.3 Å². The van der Waals surface area contributed by atoms with E-state index in [-0.39, 0.29) is 22.0 Å². The standard InChI is InChI=1S/C19H17N5O4S/c20-11-13-12-22-24(19(13)21)16-5-2-1-4-15(16)23-29(25,26)14-6-7-17-18(10-14)28-9-3-8-27-17/h1-2,4-7,10,12,23H,3,8-9,21H2. The van der Waals surface area contributed by atoms with Gasteiger partial charge in [-0.05, 0) is 24.3 Å². The molecule has 2 aromatic carbocycles. The van der Waals surface area contributed by atoms with Gasteiger partial charge >= 0.3 is 0 Å². The molecule has 4 rings (SSSR count). The lowest BCUT2D eigenvalue weighted by Crippen LogP contribution is -2.15. The molecule has 148 valence electrons. The number of para-hydroxylation sites is 2. The van der Waals surface area contributed by atoms with Crippen molar-refractivity contribution in [1.29, 1.82) is 5.26 Å². The van der Waals surface area contributed by atoms with Crippen LogP contribution in [-0.2, 0) is 10.0 Å². The first kappa shape index (κ1) is 18.6. The van der Waals surface area contributed by atoms with Crippen LogP contribution in [0, 0.1) is 11.3 Å². The number of rotatable bonds is 4. The van der Waals surface area contributed by atoms with E-state index in [9.17, 15) is 8.42 Å². The number of hydrogen-bond acceptors (Lipinski definition) is 7. The van der Waals surface area contributed by atoms with E-state index >= 15 is 0 Å². The second-order valence-corrected chi connectivity index (χ2v) is 7.93. The van der Waals surface area contributed by atoms with E-state index < -0.39 is 10.0 Å². The Kier molecular flexibility index (Phi) is 4.74. The lowest BCUT2D eigenvalue weighted by atomic mass is 10.2. The number of sulfonamides is 1. The Morgan fingerprint density at radius 2 is 1.90 bits per heavy atom. The van der Waals surface area contributed by atoms with Crippen LogP contribution in [0.25, 0.3) is 5.69 Å². The third-order valence-corrected chi connectivity index (χ3v) is 5.70. The number of aromatic nitrogens is 2. The minimum atomic E-state index is -3.93. The molecule has 0 aliphatic carbocycles. The summed E-state index contributed by atoms with van der Waals surface area (Å²) in [6, 6.07) is 13.0. The van der Waals surface area contributed by atoms with Crippen molar-refractivity contribution < 1.29 is 17.9 Å². The van der Waals surface area contributed by atoms with Crippen molar-refractivity contribution in [2.75, 3.05) is 23.7 Å². The highest BCUT2D eigenvalue weighted by molar-refractivity contribution is 7.92. The maximum absolute atomic E-state index is 13.0. The Morgan fingerprint density at radius 1 is 1.14 bits per heavy atom. The number of ether oxygens (including phenoxy) is 2. The van der Waals surface area contributed by atoms with Gasteiger partial charge in [-0.2, -0.15) is 10.4 Å². The summed E-state index contributed by atoms with van der Waals surface area (Å²) in [6.45, 7) is 0.966. The van der Waals surface area contributed by atoms with E-state index in [1.807, 2.05) is 6.07 Å². The summed E-state index contributed by atoms with van der Waals surface area (Å²) in [7, 11) is -3.93. The van der Waals surface area contributed by atoms with E-state index in [1.165, 1.54) is 23.0 Å². The minimum Gasteiger partial charge on any atom is -0.490 e. The number of nitrogens with two attached hydrogens (primary N) is 1. The van der Waals surface area contributed by atoms with E-state index in [2.05, 4.69) is 9.82 Å². The first-order valence-electron chi connectivity index (χ1n) is 8.75. The van der Waals surface area contributed by atoms with Gasteiger partial charge in [-0.25, -0.2) is 13.1 Å². The molecule has 0 fully saturated rings. The van der Waals surface area contributed by atoms with Crippen molar-refractivity contribution in [2.24, 2.45) is 0 Å². The van der Waals surface area contributed by atoms with Crippen LogP contribution in [0.5, 0.6) is 11.5 Å². The second-order valence-electron chi connectivity index (χ2n) is 6.25. The van der Waals surface area contributed by atoms with Crippen molar-refractivity contribution in [1.82, 2.24) is 9.78 Å². The Morgan fingerprint density at radius 3 is 2.66 bits per heavy atom. The highest BCUT2D eigenvalue weighted by atomic mass is 32.2. The third kappa shape index (κ3) is 3.55. The number of benzene rings is 2. The summed E-state index contributed by atoms with van der Waals surface area (Å²) in [6.07, 6.45) is 2.04. The number of fused-ring (bicyclic) bond motifs is 1. The molecule has 10 heteroatoms. The number of nitrogens with one attached hydrogen (secondary N) is 1. The molecule has 0 saturated carbocycles. The van der Waals surface area contributed by atoms with Crippen LogP contribution in [0.4, 0.5) is 11.5 Å². The van der Waals surface area contributed by atoms with Crippen LogP contribution >= 0.6 is 0 Å². The van der Waals surface area contributed by atoms with Gasteiger partial charge in [0.15, 0.2) is 11.5 Å². The summed E-state index contributed by atoms with van der Waals surface area (Å²) in [4.78, 5) is 0.0303. The third-order valence-electron chi connectivity index (χ3n) is 4.33. The van der Waals surface area contributed by atoms with Crippen LogP contribution in [0.1, 0.15) is 12.0 Å². The molecule has 0 radical (unpaired) electrons. The molecule has 1 aromatic heterocycles. The predicted molar refractivity (Wildman–Crippen MR) is 106 cm³/mol. The number of nitrogen functional groups attached to an aromatic ring is 1. The fraction of sp³-hybridized carbons (Fsp3) is 0.158. The van der Waals surface area contributed by atoms with Crippen molar-refractivity contribution in [3.05, 3.63) is 54.2 Å². The van der Waals surface area contributed by atoms with Gasteiger partial charge in [-0.15, -0.1) is 0 Å². The zero-order chi connectivity index (χ0) is 20.4. The highest BCUT2D eigenvalue weighted by Crippen LogP contribution is 2.33. The quantitative estimate of drug-likeness (QED) is 0.673. The first-order chi connectivity index (χ1) is 14.0. The van der Waals surface area contributed by atoms with Crippen molar-refractivity contribution in [3.63, 3.8) is 0 Å². The van der Waals surface area contributed by atoms with Gasteiger partial charge in [-0.3, -0.25) is 4.72 Å². The summed E-state index contributed by atoms with van der Waals surface area (Å²) in [5.41, 5.74) is 6.81. The summed E-state index contributed by atoms with van der Waals surface area (Å²) in [5, 5.41) is 13.2. The molecule has 2 heterocycles. The molecule has 0 amide bonds. The monoisotopic (exact) mass is 411 g/mol. The maximum Gasteiger partial charge on any atom is 0.262 e. The molecule has 0 atom stereocenters. The number of nitrogens with zero attached hydrogens (tertiary/aromatic N) is 3. The molecule has 0 spiro atoms. The SMILES string of the molecule is N#Cc1cnn(-c2ccccc2NS(=O)(=O)c2ccc3c(c2)OCCCO3)c1N. The molecule has 3 aromatic rings. The largest absolute Gasteiger partial charge is 0.490 e. The van der Waals surface area contributed by atoms with Gasteiger partial charge in [0.2, 0.25) is 0 Å². The average Bonchev–Trinajstić information content (AvgIpc) is 2.93. The van der Waals surface area contributed by atoms with Crippen molar-refractivity contribution >= 4 is 21.5 Å².